The summed E-state index contributed by atoms with van der Waals surface area (Å²) in [7, 11) is 1.72. The molecule has 72 valence electrons. The van der Waals surface area contributed by atoms with E-state index in [4.69, 9.17) is 0 Å². The molecule has 1 heterocycles. The summed E-state index contributed by atoms with van der Waals surface area (Å²) in [6, 6.07) is 1.28. The van der Waals surface area contributed by atoms with E-state index in [2.05, 4.69) is 10.3 Å². The number of aliphatic hydroxyl groups is 1. The Hall–Kier alpha value is -1.00. The summed E-state index contributed by atoms with van der Waals surface area (Å²) in [4.78, 5) is 3.67. The van der Waals surface area contributed by atoms with Gasteiger partial charge < -0.3 is 10.4 Å². The van der Waals surface area contributed by atoms with Crippen LogP contribution in [0.3, 0.4) is 0 Å². The molecule has 3 nitrogen and oxygen atoms in total. The highest BCUT2D eigenvalue weighted by Crippen LogP contribution is 2.18. The van der Waals surface area contributed by atoms with Gasteiger partial charge in [0.2, 0.25) is 0 Å². The maximum Gasteiger partial charge on any atom is 0.141 e. The lowest BCUT2D eigenvalue weighted by molar-refractivity contribution is 0.0584. The number of nitrogens with zero attached hydrogens (tertiary/aromatic N) is 1. The summed E-state index contributed by atoms with van der Waals surface area (Å²) in [5, 5.41) is 12.7. The first-order valence-corrected chi connectivity index (χ1v) is 4.04. The predicted molar refractivity (Wildman–Crippen MR) is 47.7 cm³/mol. The van der Waals surface area contributed by atoms with Crippen molar-refractivity contribution in [1.29, 1.82) is 0 Å². The van der Waals surface area contributed by atoms with Crippen LogP contribution >= 0.6 is 0 Å². The molecule has 1 aromatic heterocycles. The summed E-state index contributed by atoms with van der Waals surface area (Å²) < 4.78 is 12.7. The molecule has 1 unspecified atom stereocenters. The Morgan fingerprint density at radius 1 is 1.62 bits per heavy atom. The third-order valence-corrected chi connectivity index (χ3v) is 1.85. The summed E-state index contributed by atoms with van der Waals surface area (Å²) in [6.07, 6.45) is 2.57. The first kappa shape index (κ1) is 10.1. The Morgan fingerprint density at radius 3 is 2.85 bits per heavy atom. The summed E-state index contributed by atoms with van der Waals surface area (Å²) >= 11 is 0. The van der Waals surface area contributed by atoms with Gasteiger partial charge >= 0.3 is 0 Å². The van der Waals surface area contributed by atoms with Gasteiger partial charge in [0, 0.05) is 18.3 Å². The van der Waals surface area contributed by atoms with Crippen molar-refractivity contribution in [2.24, 2.45) is 0 Å². The van der Waals surface area contributed by atoms with Crippen molar-refractivity contribution in [2.45, 2.75) is 12.5 Å². The van der Waals surface area contributed by atoms with Gasteiger partial charge in [0.15, 0.2) is 0 Å². The molecule has 0 spiro atoms. The minimum absolute atomic E-state index is 0.359. The van der Waals surface area contributed by atoms with Crippen LogP contribution in [0.1, 0.15) is 12.5 Å². The van der Waals surface area contributed by atoms with Crippen LogP contribution in [-0.4, -0.2) is 23.7 Å². The molecule has 0 bridgehead atoms. The Bertz CT molecular complexity index is 289. The number of nitrogens with one attached hydrogen (secondary N) is 1. The Kier molecular flexibility index (Phi) is 2.95. The molecule has 0 aliphatic carbocycles. The van der Waals surface area contributed by atoms with Gasteiger partial charge in [-0.15, -0.1) is 0 Å². The third kappa shape index (κ3) is 2.47. The van der Waals surface area contributed by atoms with Crippen LogP contribution in [0.15, 0.2) is 18.5 Å². The number of hydrogen-bond acceptors (Lipinski definition) is 3. The lowest BCUT2D eigenvalue weighted by atomic mass is 9.98. The number of likely N-dealkylation sites (N-methyl/N-ethyl adjacent to an activating group) is 1. The maximum absolute atomic E-state index is 12.7. The van der Waals surface area contributed by atoms with Gasteiger partial charge in [-0.3, -0.25) is 4.98 Å². The molecule has 0 saturated carbocycles. The average molecular weight is 184 g/mol. The highest BCUT2D eigenvalue weighted by Gasteiger charge is 2.22. The van der Waals surface area contributed by atoms with Crippen molar-refractivity contribution >= 4 is 0 Å². The van der Waals surface area contributed by atoms with E-state index < -0.39 is 11.4 Å². The Labute approximate surface area is 76.6 Å². The van der Waals surface area contributed by atoms with E-state index in [0.717, 1.165) is 6.20 Å². The van der Waals surface area contributed by atoms with E-state index in [1.807, 2.05) is 0 Å². The molecule has 0 aliphatic heterocycles. The second-order valence-electron chi connectivity index (χ2n) is 3.20. The van der Waals surface area contributed by atoms with E-state index >= 15 is 0 Å². The molecule has 1 rings (SSSR count). The highest BCUT2D eigenvalue weighted by molar-refractivity contribution is 5.18. The van der Waals surface area contributed by atoms with E-state index in [1.54, 1.807) is 14.0 Å². The van der Waals surface area contributed by atoms with Crippen LogP contribution in [0.4, 0.5) is 4.39 Å². The fourth-order valence-electron chi connectivity index (χ4n) is 1.15. The molecule has 0 fully saturated rings. The van der Waals surface area contributed by atoms with Gasteiger partial charge in [-0.05, 0) is 20.0 Å². The van der Waals surface area contributed by atoms with Crippen LogP contribution in [0.25, 0.3) is 0 Å². The largest absolute Gasteiger partial charge is 0.384 e. The first-order valence-electron chi connectivity index (χ1n) is 4.04. The SMILES string of the molecule is CNCC(C)(O)c1cncc(F)c1. The van der Waals surface area contributed by atoms with Crippen LogP contribution in [0.5, 0.6) is 0 Å². The molecular weight excluding hydrogens is 171 g/mol. The Balaban J connectivity index is 2.93. The quantitative estimate of drug-likeness (QED) is 0.725. The topological polar surface area (TPSA) is 45.1 Å². The molecule has 1 aromatic rings. The van der Waals surface area contributed by atoms with E-state index in [0.29, 0.717) is 12.1 Å². The lowest BCUT2D eigenvalue weighted by Crippen LogP contribution is -2.33. The van der Waals surface area contributed by atoms with Crippen molar-refractivity contribution < 1.29 is 9.50 Å². The molecular formula is C9H13FN2O. The molecule has 1 atom stereocenters. The predicted octanol–water partition coefficient (Wildman–Crippen LogP) is 0.648. The summed E-state index contributed by atoms with van der Waals surface area (Å²) in [5.74, 6) is -0.436. The summed E-state index contributed by atoms with van der Waals surface area (Å²) in [6.45, 7) is 1.97. The first-order chi connectivity index (χ1) is 6.06. The van der Waals surface area contributed by atoms with E-state index in [9.17, 15) is 9.50 Å². The molecule has 0 saturated heterocycles. The number of hydrogen-bond donors (Lipinski definition) is 2. The molecule has 0 aliphatic rings. The van der Waals surface area contributed by atoms with Gasteiger partial charge in [0.25, 0.3) is 0 Å². The fraction of sp³-hybridized carbons (Fsp3) is 0.444. The number of rotatable bonds is 3. The zero-order valence-corrected chi connectivity index (χ0v) is 7.71. The molecule has 0 aromatic carbocycles. The Morgan fingerprint density at radius 2 is 2.31 bits per heavy atom. The third-order valence-electron chi connectivity index (χ3n) is 1.85. The number of halogens is 1. The monoisotopic (exact) mass is 184 g/mol. The van der Waals surface area contributed by atoms with Crippen molar-refractivity contribution in [1.82, 2.24) is 10.3 Å². The standard InChI is InChI=1S/C9H13FN2O/c1-9(13,6-11-2)7-3-8(10)5-12-4-7/h3-5,11,13H,6H2,1-2H3. The van der Waals surface area contributed by atoms with E-state index in [1.165, 1.54) is 12.3 Å². The fourth-order valence-corrected chi connectivity index (χ4v) is 1.15. The number of pyridine rings is 1. The van der Waals surface area contributed by atoms with Gasteiger partial charge in [-0.25, -0.2) is 4.39 Å². The van der Waals surface area contributed by atoms with Crippen LogP contribution in [-0.2, 0) is 5.60 Å². The second-order valence-corrected chi connectivity index (χ2v) is 3.20. The summed E-state index contributed by atoms with van der Waals surface area (Å²) in [5.41, 5.74) is -0.606. The van der Waals surface area contributed by atoms with Crippen molar-refractivity contribution in [3.8, 4) is 0 Å². The average Bonchev–Trinajstić information content (AvgIpc) is 2.04. The van der Waals surface area contributed by atoms with E-state index in [-0.39, 0.29) is 0 Å². The van der Waals surface area contributed by atoms with Gasteiger partial charge in [0.1, 0.15) is 11.4 Å². The molecule has 0 radical (unpaired) electrons. The van der Waals surface area contributed by atoms with Gasteiger partial charge in [-0.2, -0.15) is 0 Å². The van der Waals surface area contributed by atoms with Crippen molar-refractivity contribution in [3.05, 3.63) is 29.8 Å². The minimum atomic E-state index is -1.08. The highest BCUT2D eigenvalue weighted by atomic mass is 19.1. The normalized spacial score (nSPS) is 15.4. The van der Waals surface area contributed by atoms with Crippen LogP contribution in [0.2, 0.25) is 0 Å². The molecule has 13 heavy (non-hydrogen) atoms. The van der Waals surface area contributed by atoms with Crippen molar-refractivity contribution in [2.75, 3.05) is 13.6 Å². The van der Waals surface area contributed by atoms with Gasteiger partial charge in [0.05, 0.1) is 6.20 Å². The minimum Gasteiger partial charge on any atom is -0.384 e. The molecule has 2 N–H and O–H groups in total. The lowest BCUT2D eigenvalue weighted by Gasteiger charge is -2.22. The number of aromatic nitrogens is 1. The maximum atomic E-state index is 12.7. The zero-order chi connectivity index (χ0) is 9.90. The van der Waals surface area contributed by atoms with Gasteiger partial charge in [-0.1, -0.05) is 0 Å². The van der Waals surface area contributed by atoms with Crippen LogP contribution < -0.4 is 5.32 Å². The van der Waals surface area contributed by atoms with Crippen molar-refractivity contribution in [3.63, 3.8) is 0 Å². The van der Waals surface area contributed by atoms with Crippen LogP contribution in [0, 0.1) is 5.82 Å². The second kappa shape index (κ2) is 3.81. The smallest absolute Gasteiger partial charge is 0.141 e. The molecule has 4 heteroatoms. The molecule has 0 amide bonds. The zero-order valence-electron chi connectivity index (χ0n) is 7.71.